The van der Waals surface area contributed by atoms with E-state index in [1.807, 2.05) is 54.6 Å². The molecule has 1 aliphatic heterocycles. The average Bonchev–Trinajstić information content (AvgIpc) is 2.96. The SMILES string of the molecule is COC(=O)CC(Cc1ccccc1)C(=O)N1CCC[C@](Cc2ccc(Cl)cc2)(NC(=O)C(N)CO[Si](C)(C)C(C)(C)C)C1. The van der Waals surface area contributed by atoms with Gasteiger partial charge in [-0.15, -0.1) is 0 Å². The fourth-order valence-corrected chi connectivity index (χ4v) is 6.39. The zero-order chi connectivity index (χ0) is 31.8. The minimum Gasteiger partial charge on any atom is -0.469 e. The number of halogens is 1. The van der Waals surface area contributed by atoms with Gasteiger partial charge in [0.15, 0.2) is 8.32 Å². The van der Waals surface area contributed by atoms with Gasteiger partial charge in [-0.25, -0.2) is 0 Å². The van der Waals surface area contributed by atoms with E-state index in [9.17, 15) is 14.4 Å². The number of esters is 1. The highest BCUT2D eigenvalue weighted by Crippen LogP contribution is 2.36. The molecule has 2 unspecified atom stereocenters. The molecule has 0 radical (unpaired) electrons. The van der Waals surface area contributed by atoms with Crippen molar-refractivity contribution in [3.8, 4) is 0 Å². The van der Waals surface area contributed by atoms with Crippen molar-refractivity contribution < 1.29 is 23.5 Å². The molecule has 2 amide bonds. The molecular weight excluding hydrogens is 582 g/mol. The van der Waals surface area contributed by atoms with Crippen LogP contribution in [0.3, 0.4) is 0 Å². The number of nitrogens with zero attached hydrogens (tertiary/aromatic N) is 1. The summed E-state index contributed by atoms with van der Waals surface area (Å²) in [6, 6.07) is 16.3. The molecule has 1 aliphatic rings. The molecule has 1 saturated heterocycles. The van der Waals surface area contributed by atoms with Gasteiger partial charge < -0.3 is 25.1 Å². The molecule has 1 fully saturated rings. The van der Waals surface area contributed by atoms with Crippen LogP contribution in [0, 0.1) is 5.92 Å². The summed E-state index contributed by atoms with van der Waals surface area (Å²) >= 11 is 6.15. The summed E-state index contributed by atoms with van der Waals surface area (Å²) in [5, 5.41) is 3.86. The summed E-state index contributed by atoms with van der Waals surface area (Å²) in [6.07, 6.45) is 2.24. The second-order valence-corrected chi connectivity index (χ2v) is 18.5. The molecule has 3 atom stereocenters. The van der Waals surface area contributed by atoms with E-state index in [4.69, 9.17) is 26.5 Å². The number of benzene rings is 2. The second-order valence-electron chi connectivity index (χ2n) is 13.3. The molecular formula is C33H48ClN3O5Si. The van der Waals surface area contributed by atoms with Crippen LogP contribution in [0.1, 0.15) is 51.2 Å². The number of methoxy groups -OCH3 is 1. The van der Waals surface area contributed by atoms with E-state index in [1.165, 1.54) is 7.11 Å². The number of likely N-dealkylation sites (tertiary alicyclic amines) is 1. The number of nitrogens with two attached hydrogens (primary N) is 1. The number of carbonyl (C=O) groups is 3. The van der Waals surface area contributed by atoms with Crippen LogP contribution in [-0.2, 0) is 36.4 Å². The van der Waals surface area contributed by atoms with Crippen LogP contribution in [0.15, 0.2) is 54.6 Å². The third kappa shape index (κ3) is 9.89. The lowest BCUT2D eigenvalue weighted by molar-refractivity contribution is -0.148. The Bertz CT molecular complexity index is 1240. The predicted molar refractivity (Wildman–Crippen MR) is 173 cm³/mol. The van der Waals surface area contributed by atoms with Crippen LogP contribution in [0.25, 0.3) is 0 Å². The van der Waals surface area contributed by atoms with E-state index in [0.29, 0.717) is 43.8 Å². The normalized spacial score (nSPS) is 18.9. The minimum absolute atomic E-state index is 0.0102. The molecule has 2 aromatic carbocycles. The highest BCUT2D eigenvalue weighted by atomic mass is 35.5. The molecule has 0 aliphatic carbocycles. The van der Waals surface area contributed by atoms with Crippen molar-refractivity contribution in [2.24, 2.45) is 11.7 Å². The predicted octanol–water partition coefficient (Wildman–Crippen LogP) is 5.13. The lowest BCUT2D eigenvalue weighted by atomic mass is 9.82. The topological polar surface area (TPSA) is 111 Å². The number of hydrogen-bond donors (Lipinski definition) is 2. The van der Waals surface area contributed by atoms with Crippen molar-refractivity contribution in [2.75, 3.05) is 26.8 Å². The molecule has 43 heavy (non-hydrogen) atoms. The Hall–Kier alpha value is -2.72. The summed E-state index contributed by atoms with van der Waals surface area (Å²) in [6.45, 7) is 11.6. The highest BCUT2D eigenvalue weighted by Gasteiger charge is 2.42. The third-order valence-electron chi connectivity index (χ3n) is 8.81. The molecule has 8 nitrogen and oxygen atoms in total. The minimum atomic E-state index is -2.10. The van der Waals surface area contributed by atoms with Crippen LogP contribution in [0.5, 0.6) is 0 Å². The molecule has 236 valence electrons. The molecule has 10 heteroatoms. The van der Waals surface area contributed by atoms with Gasteiger partial charge in [0.2, 0.25) is 11.8 Å². The van der Waals surface area contributed by atoms with Crippen molar-refractivity contribution in [2.45, 2.75) is 82.6 Å². The summed E-state index contributed by atoms with van der Waals surface area (Å²) in [7, 11) is -0.770. The number of ether oxygens (including phenoxy) is 1. The molecule has 0 bridgehead atoms. The van der Waals surface area contributed by atoms with E-state index in [-0.39, 0.29) is 29.9 Å². The number of amides is 2. The zero-order valence-electron chi connectivity index (χ0n) is 26.5. The number of piperidine rings is 1. The molecule has 0 spiro atoms. The maximum absolute atomic E-state index is 14.0. The first-order valence-corrected chi connectivity index (χ1v) is 18.3. The smallest absolute Gasteiger partial charge is 0.306 e. The fourth-order valence-electron chi connectivity index (χ4n) is 5.24. The average molecular weight is 630 g/mol. The van der Waals surface area contributed by atoms with Crippen LogP contribution in [0.4, 0.5) is 0 Å². The Morgan fingerprint density at radius 2 is 1.72 bits per heavy atom. The van der Waals surface area contributed by atoms with E-state index >= 15 is 0 Å². The van der Waals surface area contributed by atoms with Crippen molar-refractivity contribution in [1.29, 1.82) is 0 Å². The monoisotopic (exact) mass is 629 g/mol. The van der Waals surface area contributed by atoms with Gasteiger partial charge in [0.25, 0.3) is 0 Å². The van der Waals surface area contributed by atoms with Gasteiger partial charge in [0.05, 0.1) is 31.6 Å². The van der Waals surface area contributed by atoms with Crippen LogP contribution < -0.4 is 11.1 Å². The van der Waals surface area contributed by atoms with Crippen LogP contribution in [-0.4, -0.2) is 69.4 Å². The molecule has 2 aromatic rings. The molecule has 3 rings (SSSR count). The van der Waals surface area contributed by atoms with Gasteiger partial charge in [0.1, 0.15) is 6.04 Å². The van der Waals surface area contributed by atoms with Crippen molar-refractivity contribution in [3.63, 3.8) is 0 Å². The van der Waals surface area contributed by atoms with E-state index < -0.39 is 31.8 Å². The van der Waals surface area contributed by atoms with Gasteiger partial charge in [0, 0.05) is 18.1 Å². The largest absolute Gasteiger partial charge is 0.469 e. The van der Waals surface area contributed by atoms with Gasteiger partial charge in [-0.3, -0.25) is 14.4 Å². The third-order valence-corrected chi connectivity index (χ3v) is 13.6. The Balaban J connectivity index is 1.84. The van der Waals surface area contributed by atoms with E-state index in [2.05, 4.69) is 39.2 Å². The number of hydrogen-bond acceptors (Lipinski definition) is 6. The summed E-state index contributed by atoms with van der Waals surface area (Å²) in [5.74, 6) is -1.46. The van der Waals surface area contributed by atoms with Gasteiger partial charge in [-0.1, -0.05) is 74.8 Å². The Labute approximate surface area is 262 Å². The summed E-state index contributed by atoms with van der Waals surface area (Å²) in [4.78, 5) is 41.7. The maximum atomic E-state index is 14.0. The Morgan fingerprint density at radius 3 is 2.33 bits per heavy atom. The van der Waals surface area contributed by atoms with Gasteiger partial charge >= 0.3 is 5.97 Å². The van der Waals surface area contributed by atoms with Crippen LogP contribution >= 0.6 is 11.6 Å². The van der Waals surface area contributed by atoms with E-state index in [0.717, 1.165) is 11.1 Å². The Morgan fingerprint density at radius 1 is 1.07 bits per heavy atom. The molecule has 0 saturated carbocycles. The standard InChI is InChI=1S/C33H48ClN3O5Si/c1-32(2,3)43(5,6)42-22-28(35)30(39)36-33(21-25-13-15-27(34)16-14-25)17-10-18-37(23-33)31(40)26(20-29(38)41-4)19-24-11-8-7-9-12-24/h7-9,11-16,26,28H,10,17-23,35H2,1-6H3,(H,36,39)/t26?,28?,33-/m1/s1. The van der Waals surface area contributed by atoms with Crippen molar-refractivity contribution in [3.05, 3.63) is 70.7 Å². The fraction of sp³-hybridized carbons (Fsp3) is 0.545. The number of carbonyl (C=O) groups excluding carboxylic acids is 3. The number of rotatable bonds is 12. The van der Waals surface area contributed by atoms with Gasteiger partial charge in [-0.05, 0) is 67.1 Å². The second kappa shape index (κ2) is 14.8. The maximum Gasteiger partial charge on any atom is 0.306 e. The molecule has 0 aromatic heterocycles. The van der Waals surface area contributed by atoms with E-state index in [1.54, 1.807) is 4.90 Å². The van der Waals surface area contributed by atoms with Crippen molar-refractivity contribution >= 4 is 37.7 Å². The number of nitrogens with one attached hydrogen (secondary N) is 1. The first kappa shape index (κ1) is 34.8. The van der Waals surface area contributed by atoms with Crippen LogP contribution in [0.2, 0.25) is 23.2 Å². The first-order chi connectivity index (χ1) is 20.1. The lowest BCUT2D eigenvalue weighted by Crippen LogP contribution is -2.64. The lowest BCUT2D eigenvalue weighted by Gasteiger charge is -2.45. The van der Waals surface area contributed by atoms with Crippen molar-refractivity contribution in [1.82, 2.24) is 10.2 Å². The zero-order valence-corrected chi connectivity index (χ0v) is 28.2. The summed E-state index contributed by atoms with van der Waals surface area (Å²) < 4.78 is 11.2. The summed E-state index contributed by atoms with van der Waals surface area (Å²) in [5.41, 5.74) is 7.59. The van der Waals surface area contributed by atoms with Gasteiger partial charge in [-0.2, -0.15) is 0 Å². The highest BCUT2D eigenvalue weighted by molar-refractivity contribution is 6.74. The molecule has 3 N–H and O–H groups in total. The quantitative estimate of drug-likeness (QED) is 0.249. The molecule has 1 heterocycles. The first-order valence-electron chi connectivity index (χ1n) is 15.0. The Kier molecular flexibility index (Phi) is 12.0.